The van der Waals surface area contributed by atoms with E-state index >= 15 is 0 Å². The molecule has 1 aliphatic rings. The van der Waals surface area contributed by atoms with Gasteiger partial charge in [-0.2, -0.15) is 5.26 Å². The average Bonchev–Trinajstić information content (AvgIpc) is 2.91. The lowest BCUT2D eigenvalue weighted by molar-refractivity contribution is 0.104. The first-order valence-electron chi connectivity index (χ1n) is 7.41. The summed E-state index contributed by atoms with van der Waals surface area (Å²) in [6.07, 6.45) is 1.88. The Kier molecular flexibility index (Phi) is 6.00. The smallest absolute Gasteiger partial charge is 0.137 e. The van der Waals surface area contributed by atoms with E-state index in [1.807, 2.05) is 6.07 Å². The molecule has 1 heterocycles. The largest absolute Gasteiger partial charge is 0.489 e. The number of hydrogen-bond donors (Lipinski definition) is 2. The van der Waals surface area contributed by atoms with Crippen LogP contribution >= 0.6 is 0 Å². The Morgan fingerprint density at radius 2 is 2.33 bits per heavy atom. The Hall–Kier alpha value is -1.61. The second kappa shape index (κ2) is 7.99. The number of para-hydroxylation sites is 1. The molecule has 0 aromatic heterocycles. The van der Waals surface area contributed by atoms with Gasteiger partial charge in [-0.1, -0.05) is 12.1 Å². The SMILES string of the molecule is CN1CCCC1CNCC(O)COc1ccccc1C#N. The highest BCUT2D eigenvalue weighted by atomic mass is 16.5. The number of nitrogens with one attached hydrogen (secondary N) is 1. The van der Waals surface area contributed by atoms with E-state index in [1.54, 1.807) is 18.2 Å². The van der Waals surface area contributed by atoms with E-state index in [0.29, 0.717) is 23.9 Å². The third kappa shape index (κ3) is 4.71. The fourth-order valence-electron chi connectivity index (χ4n) is 2.58. The van der Waals surface area contributed by atoms with Crippen LogP contribution in [0.1, 0.15) is 18.4 Å². The van der Waals surface area contributed by atoms with E-state index in [2.05, 4.69) is 23.3 Å². The number of rotatable bonds is 7. The topological polar surface area (TPSA) is 68.5 Å². The van der Waals surface area contributed by atoms with Crippen LogP contribution in [0.2, 0.25) is 0 Å². The van der Waals surface area contributed by atoms with Crippen LogP contribution in [0.15, 0.2) is 24.3 Å². The van der Waals surface area contributed by atoms with Crippen molar-refractivity contribution in [3.8, 4) is 11.8 Å². The Balaban J connectivity index is 1.68. The number of aliphatic hydroxyl groups is 1. The van der Waals surface area contributed by atoms with E-state index in [4.69, 9.17) is 10.00 Å². The maximum Gasteiger partial charge on any atom is 0.137 e. The van der Waals surface area contributed by atoms with Gasteiger partial charge in [-0.25, -0.2) is 0 Å². The van der Waals surface area contributed by atoms with Gasteiger partial charge >= 0.3 is 0 Å². The van der Waals surface area contributed by atoms with Gasteiger partial charge in [-0.05, 0) is 38.6 Å². The summed E-state index contributed by atoms with van der Waals surface area (Å²) < 4.78 is 5.51. The van der Waals surface area contributed by atoms with E-state index in [9.17, 15) is 5.11 Å². The van der Waals surface area contributed by atoms with Crippen LogP contribution in [0.4, 0.5) is 0 Å². The zero-order valence-corrected chi connectivity index (χ0v) is 12.5. The summed E-state index contributed by atoms with van der Waals surface area (Å²) >= 11 is 0. The van der Waals surface area contributed by atoms with Gasteiger partial charge in [0, 0.05) is 19.1 Å². The molecule has 1 aromatic carbocycles. The van der Waals surface area contributed by atoms with Gasteiger partial charge in [0.2, 0.25) is 0 Å². The Bertz CT molecular complexity index is 487. The third-order valence-electron chi connectivity index (χ3n) is 3.87. The van der Waals surface area contributed by atoms with Crippen LogP contribution in [0, 0.1) is 11.3 Å². The molecule has 1 saturated heterocycles. The fraction of sp³-hybridized carbons (Fsp3) is 0.562. The maximum atomic E-state index is 9.93. The minimum atomic E-state index is -0.580. The van der Waals surface area contributed by atoms with Crippen molar-refractivity contribution in [1.29, 1.82) is 5.26 Å². The molecule has 21 heavy (non-hydrogen) atoms. The molecule has 1 aliphatic heterocycles. The Labute approximate surface area is 126 Å². The zero-order valence-electron chi connectivity index (χ0n) is 12.5. The van der Waals surface area contributed by atoms with E-state index < -0.39 is 6.10 Å². The molecule has 2 unspecified atom stereocenters. The molecule has 0 bridgehead atoms. The van der Waals surface area contributed by atoms with Gasteiger partial charge in [0.25, 0.3) is 0 Å². The van der Waals surface area contributed by atoms with Crippen molar-refractivity contribution in [3.05, 3.63) is 29.8 Å². The van der Waals surface area contributed by atoms with Crippen molar-refractivity contribution in [3.63, 3.8) is 0 Å². The maximum absolute atomic E-state index is 9.93. The second-order valence-corrected chi connectivity index (χ2v) is 5.51. The van der Waals surface area contributed by atoms with Gasteiger partial charge in [-0.3, -0.25) is 0 Å². The molecule has 0 radical (unpaired) electrons. The molecule has 1 fully saturated rings. The molecular formula is C16H23N3O2. The molecule has 1 aromatic rings. The lowest BCUT2D eigenvalue weighted by Crippen LogP contribution is -2.39. The molecule has 2 N–H and O–H groups in total. The predicted octanol–water partition coefficient (Wildman–Crippen LogP) is 0.982. The van der Waals surface area contributed by atoms with Crippen LogP contribution in [0.25, 0.3) is 0 Å². The lowest BCUT2D eigenvalue weighted by Gasteiger charge is -2.21. The summed E-state index contributed by atoms with van der Waals surface area (Å²) in [5, 5.41) is 22.2. The molecule has 0 amide bonds. The Morgan fingerprint density at radius 3 is 3.05 bits per heavy atom. The van der Waals surface area contributed by atoms with Crippen LogP contribution < -0.4 is 10.1 Å². The van der Waals surface area contributed by atoms with E-state index in [0.717, 1.165) is 13.1 Å². The summed E-state index contributed by atoms with van der Waals surface area (Å²) in [5.74, 6) is 0.523. The summed E-state index contributed by atoms with van der Waals surface area (Å²) in [6.45, 7) is 2.73. The highest BCUT2D eigenvalue weighted by Crippen LogP contribution is 2.16. The number of likely N-dealkylation sites (N-methyl/N-ethyl adjacent to an activating group) is 1. The van der Waals surface area contributed by atoms with Gasteiger partial charge in [0.1, 0.15) is 24.5 Å². The van der Waals surface area contributed by atoms with Crippen molar-refractivity contribution >= 4 is 0 Å². The fourth-order valence-corrected chi connectivity index (χ4v) is 2.58. The highest BCUT2D eigenvalue weighted by Gasteiger charge is 2.20. The highest BCUT2D eigenvalue weighted by molar-refractivity contribution is 5.42. The van der Waals surface area contributed by atoms with E-state index in [1.165, 1.54) is 12.8 Å². The summed E-state index contributed by atoms with van der Waals surface area (Å²) in [5.41, 5.74) is 0.491. The van der Waals surface area contributed by atoms with Crippen molar-refractivity contribution in [1.82, 2.24) is 10.2 Å². The average molecular weight is 289 g/mol. The second-order valence-electron chi connectivity index (χ2n) is 5.51. The minimum Gasteiger partial charge on any atom is -0.489 e. The molecule has 114 valence electrons. The first-order chi connectivity index (χ1) is 10.2. The van der Waals surface area contributed by atoms with Crippen molar-refractivity contribution in [2.75, 3.05) is 33.3 Å². The number of aliphatic hydroxyl groups excluding tert-OH is 1. The van der Waals surface area contributed by atoms with Gasteiger partial charge in [0.15, 0.2) is 0 Å². The lowest BCUT2D eigenvalue weighted by atomic mass is 10.2. The van der Waals surface area contributed by atoms with Crippen LogP contribution in [-0.2, 0) is 0 Å². The standard InChI is InChI=1S/C16H23N3O2/c1-19-8-4-6-14(19)10-18-11-15(20)12-21-16-7-3-2-5-13(16)9-17/h2-3,5,7,14-15,18,20H,4,6,8,10-12H2,1H3. The number of benzene rings is 1. The molecule has 5 heteroatoms. The normalized spacial score (nSPS) is 20.1. The number of hydrogen-bond acceptors (Lipinski definition) is 5. The quantitative estimate of drug-likeness (QED) is 0.783. The monoisotopic (exact) mass is 289 g/mol. The number of nitriles is 1. The number of likely N-dealkylation sites (tertiary alicyclic amines) is 1. The van der Waals surface area contributed by atoms with Gasteiger partial charge < -0.3 is 20.1 Å². The van der Waals surface area contributed by atoms with E-state index in [-0.39, 0.29) is 6.61 Å². The zero-order chi connectivity index (χ0) is 15.1. The molecule has 5 nitrogen and oxygen atoms in total. The van der Waals surface area contributed by atoms with Crippen LogP contribution in [0.3, 0.4) is 0 Å². The van der Waals surface area contributed by atoms with Gasteiger partial charge in [0.05, 0.1) is 5.56 Å². The Morgan fingerprint density at radius 1 is 1.52 bits per heavy atom. The number of ether oxygens (including phenoxy) is 1. The predicted molar refractivity (Wildman–Crippen MR) is 81.2 cm³/mol. The molecule has 2 rings (SSSR count). The first kappa shape index (κ1) is 15.8. The number of nitrogens with zero attached hydrogens (tertiary/aromatic N) is 2. The summed E-state index contributed by atoms with van der Waals surface area (Å²) in [7, 11) is 2.14. The molecule has 2 atom stereocenters. The first-order valence-corrected chi connectivity index (χ1v) is 7.41. The van der Waals surface area contributed by atoms with Crippen molar-refractivity contribution in [2.45, 2.75) is 25.0 Å². The summed E-state index contributed by atoms with van der Waals surface area (Å²) in [4.78, 5) is 2.35. The molecular weight excluding hydrogens is 266 g/mol. The van der Waals surface area contributed by atoms with Gasteiger partial charge in [-0.15, -0.1) is 0 Å². The van der Waals surface area contributed by atoms with Crippen LogP contribution in [-0.4, -0.2) is 55.4 Å². The summed E-state index contributed by atoms with van der Waals surface area (Å²) in [6, 6.07) is 9.70. The van der Waals surface area contributed by atoms with Crippen molar-refractivity contribution in [2.24, 2.45) is 0 Å². The van der Waals surface area contributed by atoms with Crippen LogP contribution in [0.5, 0.6) is 5.75 Å². The third-order valence-corrected chi connectivity index (χ3v) is 3.87. The minimum absolute atomic E-state index is 0.187. The molecule has 0 spiro atoms. The van der Waals surface area contributed by atoms with Crippen molar-refractivity contribution < 1.29 is 9.84 Å². The molecule has 0 aliphatic carbocycles. The molecule has 0 saturated carbocycles.